The first-order valence-electron chi connectivity index (χ1n) is 3.16. The molecule has 0 aromatic heterocycles. The quantitative estimate of drug-likeness (QED) is 0.506. The van der Waals surface area contributed by atoms with Crippen molar-refractivity contribution in [1.82, 2.24) is 0 Å². The standard InChI is InChI=1S/C7H10O2.Hg/c8-7(9)6-4-2-1-3-5-6;/h1-2,6H,3-5H2,(H,8,9);/q;+1/p-1. The smallest absolute Gasteiger partial charge is 0.550 e. The predicted octanol–water partition coefficient (Wildman–Crippen LogP) is 0.0901. The van der Waals surface area contributed by atoms with Crippen molar-refractivity contribution in [1.29, 1.82) is 0 Å². The number of allylic oxidation sites excluding steroid dienone is 2. The largest absolute Gasteiger partial charge is 1.00 e. The molecule has 51 valence electrons. The summed E-state index contributed by atoms with van der Waals surface area (Å²) in [6.45, 7) is 0. The zero-order valence-corrected chi connectivity index (χ0v) is 11.4. The summed E-state index contributed by atoms with van der Waals surface area (Å²) in [5, 5.41) is 10.2. The molecule has 0 spiro atoms. The van der Waals surface area contributed by atoms with Gasteiger partial charge in [-0.25, -0.2) is 0 Å². The van der Waals surface area contributed by atoms with E-state index in [9.17, 15) is 9.90 Å². The van der Waals surface area contributed by atoms with Crippen LogP contribution in [0.15, 0.2) is 12.2 Å². The van der Waals surface area contributed by atoms with Gasteiger partial charge in [0.05, 0.1) is 0 Å². The van der Waals surface area contributed by atoms with Gasteiger partial charge in [-0.05, 0) is 19.3 Å². The van der Waals surface area contributed by atoms with Crippen molar-refractivity contribution in [3.05, 3.63) is 12.2 Å². The molecular weight excluding hydrogens is 317 g/mol. The second-order valence-corrected chi connectivity index (χ2v) is 2.30. The minimum Gasteiger partial charge on any atom is -0.550 e. The zero-order valence-electron chi connectivity index (χ0n) is 5.88. The number of carboxylic acids is 1. The summed E-state index contributed by atoms with van der Waals surface area (Å²) >= 11 is 0. The Morgan fingerprint density at radius 1 is 1.50 bits per heavy atom. The van der Waals surface area contributed by atoms with Crippen LogP contribution in [-0.2, 0) is 32.5 Å². The fraction of sp³-hybridized carbons (Fsp3) is 0.571. The molecule has 10 heavy (non-hydrogen) atoms. The van der Waals surface area contributed by atoms with Gasteiger partial charge in [0.2, 0.25) is 0 Å². The molecule has 0 N–H and O–H groups in total. The molecule has 1 aliphatic carbocycles. The average molecular weight is 326 g/mol. The molecule has 1 rings (SSSR count). The fourth-order valence-electron chi connectivity index (χ4n) is 1.01. The van der Waals surface area contributed by atoms with Crippen LogP contribution in [0, 0.1) is 5.92 Å². The molecule has 0 heterocycles. The third kappa shape index (κ3) is 2.82. The van der Waals surface area contributed by atoms with E-state index in [4.69, 9.17) is 0 Å². The van der Waals surface area contributed by atoms with Crippen molar-refractivity contribution in [2.75, 3.05) is 0 Å². The Balaban J connectivity index is 0.000000810. The summed E-state index contributed by atoms with van der Waals surface area (Å²) in [7, 11) is 0. The van der Waals surface area contributed by atoms with Crippen molar-refractivity contribution >= 4 is 5.97 Å². The Hall–Kier alpha value is 0.145. The molecule has 0 saturated carbocycles. The van der Waals surface area contributed by atoms with Crippen molar-refractivity contribution in [3.8, 4) is 0 Å². The number of hydrogen-bond donors (Lipinski definition) is 0. The minimum atomic E-state index is -0.903. The molecule has 1 radical (unpaired) electrons. The van der Waals surface area contributed by atoms with E-state index in [0.717, 1.165) is 12.8 Å². The molecule has 3 heteroatoms. The van der Waals surface area contributed by atoms with Crippen LogP contribution in [-0.4, -0.2) is 5.97 Å². The first-order chi connectivity index (χ1) is 4.30. The van der Waals surface area contributed by atoms with Gasteiger partial charge in [-0.2, -0.15) is 0 Å². The van der Waals surface area contributed by atoms with E-state index in [1.165, 1.54) is 0 Å². The summed E-state index contributed by atoms with van der Waals surface area (Å²) in [4.78, 5) is 10.2. The van der Waals surface area contributed by atoms with Gasteiger partial charge in [-0.3, -0.25) is 0 Å². The summed E-state index contributed by atoms with van der Waals surface area (Å²) in [6.07, 6.45) is 6.21. The maximum absolute atomic E-state index is 10.2. The van der Waals surface area contributed by atoms with Gasteiger partial charge in [0.25, 0.3) is 0 Å². The molecule has 2 nitrogen and oxygen atoms in total. The molecule has 0 fully saturated rings. The van der Waals surface area contributed by atoms with E-state index >= 15 is 0 Å². The molecule has 0 aliphatic heterocycles. The van der Waals surface area contributed by atoms with E-state index in [1.807, 2.05) is 12.2 Å². The van der Waals surface area contributed by atoms with Crippen LogP contribution >= 0.6 is 0 Å². The van der Waals surface area contributed by atoms with Crippen LogP contribution in [0.25, 0.3) is 0 Å². The van der Waals surface area contributed by atoms with Crippen LogP contribution in [0.3, 0.4) is 0 Å². The molecule has 0 saturated heterocycles. The Kier molecular flexibility index (Phi) is 4.96. The first kappa shape index (κ1) is 10.1. The number of carbonyl (C=O) groups is 1. The second kappa shape index (κ2) is 4.88. The number of carboxylic acid groups (broad SMARTS) is 1. The third-order valence-corrected chi connectivity index (χ3v) is 1.60. The number of rotatable bonds is 1. The number of aliphatic carboxylic acids is 1. The van der Waals surface area contributed by atoms with Crippen molar-refractivity contribution in [3.63, 3.8) is 0 Å². The maximum Gasteiger partial charge on any atom is 1.00 e. The number of carbonyl (C=O) groups excluding carboxylic acids is 1. The third-order valence-electron chi connectivity index (χ3n) is 1.60. The van der Waals surface area contributed by atoms with Crippen LogP contribution in [0.5, 0.6) is 0 Å². The monoisotopic (exact) mass is 327 g/mol. The van der Waals surface area contributed by atoms with Crippen LogP contribution in [0.4, 0.5) is 0 Å². The molecule has 1 aliphatic rings. The zero-order chi connectivity index (χ0) is 6.69. The first-order valence-corrected chi connectivity index (χ1v) is 3.16. The van der Waals surface area contributed by atoms with Crippen LogP contribution in [0.1, 0.15) is 19.3 Å². The second-order valence-electron chi connectivity index (χ2n) is 2.30. The Morgan fingerprint density at radius 2 is 2.20 bits per heavy atom. The summed E-state index contributed by atoms with van der Waals surface area (Å²) in [6, 6.07) is 0. The molecule has 0 aromatic carbocycles. The summed E-state index contributed by atoms with van der Waals surface area (Å²) in [5.74, 6) is -1.13. The molecular formula is C7H9HgO2. The van der Waals surface area contributed by atoms with Gasteiger partial charge in [0.1, 0.15) is 0 Å². The maximum atomic E-state index is 10.2. The molecule has 1 atom stereocenters. The SMILES string of the molecule is O=C([O-])C1CC=CCC1.[Hg+]. The average Bonchev–Trinajstić information content (AvgIpc) is 1.90. The fourth-order valence-corrected chi connectivity index (χ4v) is 1.01. The predicted molar refractivity (Wildman–Crippen MR) is 31.5 cm³/mol. The van der Waals surface area contributed by atoms with Gasteiger partial charge in [-0.1, -0.05) is 12.2 Å². The van der Waals surface area contributed by atoms with Gasteiger partial charge >= 0.3 is 27.7 Å². The van der Waals surface area contributed by atoms with E-state index < -0.39 is 5.97 Å². The molecule has 0 amide bonds. The Bertz CT molecular complexity index is 143. The van der Waals surface area contributed by atoms with E-state index in [0.29, 0.717) is 6.42 Å². The van der Waals surface area contributed by atoms with E-state index in [1.54, 1.807) is 0 Å². The molecule has 0 aromatic rings. The number of hydrogen-bond acceptors (Lipinski definition) is 2. The summed E-state index contributed by atoms with van der Waals surface area (Å²) in [5.41, 5.74) is 0. The van der Waals surface area contributed by atoms with Crippen LogP contribution < -0.4 is 5.11 Å². The van der Waals surface area contributed by atoms with E-state index in [-0.39, 0.29) is 33.6 Å². The Morgan fingerprint density at radius 3 is 2.50 bits per heavy atom. The normalized spacial score (nSPS) is 23.4. The molecule has 0 bridgehead atoms. The topological polar surface area (TPSA) is 40.1 Å². The van der Waals surface area contributed by atoms with Crippen molar-refractivity contribution < 1.29 is 37.6 Å². The van der Waals surface area contributed by atoms with Gasteiger partial charge in [0.15, 0.2) is 0 Å². The Labute approximate surface area is 80.8 Å². The van der Waals surface area contributed by atoms with Gasteiger partial charge in [0, 0.05) is 11.9 Å². The van der Waals surface area contributed by atoms with Crippen LogP contribution in [0.2, 0.25) is 0 Å². The van der Waals surface area contributed by atoms with Gasteiger partial charge < -0.3 is 9.90 Å². The van der Waals surface area contributed by atoms with Crippen molar-refractivity contribution in [2.24, 2.45) is 5.92 Å². The van der Waals surface area contributed by atoms with E-state index in [2.05, 4.69) is 0 Å². The minimum absolute atomic E-state index is 0. The van der Waals surface area contributed by atoms with Gasteiger partial charge in [-0.15, -0.1) is 0 Å². The molecule has 1 unspecified atom stereocenters. The van der Waals surface area contributed by atoms with Crippen molar-refractivity contribution in [2.45, 2.75) is 19.3 Å². The summed E-state index contributed by atoms with van der Waals surface area (Å²) < 4.78 is 0.